The Balaban J connectivity index is 3.00. The fourth-order valence-electron chi connectivity index (χ4n) is 2.02. The second-order valence-corrected chi connectivity index (χ2v) is 5.95. The van der Waals surface area contributed by atoms with Crippen LogP contribution in [-0.2, 0) is 10.2 Å². The molecule has 0 fully saturated rings. The number of benzene rings is 1. The predicted octanol–water partition coefficient (Wildman–Crippen LogP) is 3.14. The Labute approximate surface area is 115 Å². The van der Waals surface area contributed by atoms with Crippen molar-refractivity contribution in [2.45, 2.75) is 46.5 Å². The van der Waals surface area contributed by atoms with Crippen LogP contribution in [0, 0.1) is 13.8 Å². The Morgan fingerprint density at radius 1 is 1.21 bits per heavy atom. The van der Waals surface area contributed by atoms with E-state index in [9.17, 15) is 4.79 Å². The number of ether oxygens (including phenoxy) is 1. The molecule has 0 spiro atoms. The number of aryl methyl sites for hydroxylation is 2. The van der Waals surface area contributed by atoms with E-state index in [4.69, 9.17) is 9.84 Å². The molecule has 1 rings (SSSR count). The monoisotopic (exact) mass is 264 g/mol. The van der Waals surface area contributed by atoms with Gasteiger partial charge in [0.15, 0.2) is 0 Å². The SMILES string of the molecule is Cc1cc(C(C)(C)C)cc(C)c1C(=O)OCCCO. The summed E-state index contributed by atoms with van der Waals surface area (Å²) < 4.78 is 5.16. The van der Waals surface area contributed by atoms with Gasteiger partial charge in [0.2, 0.25) is 0 Å². The van der Waals surface area contributed by atoms with E-state index in [1.54, 1.807) is 0 Å². The maximum atomic E-state index is 12.0. The van der Waals surface area contributed by atoms with Crippen molar-refractivity contribution in [3.05, 3.63) is 34.4 Å². The predicted molar refractivity (Wildman–Crippen MR) is 76.6 cm³/mol. The van der Waals surface area contributed by atoms with Gasteiger partial charge in [-0.2, -0.15) is 0 Å². The Morgan fingerprint density at radius 2 is 1.74 bits per heavy atom. The smallest absolute Gasteiger partial charge is 0.338 e. The summed E-state index contributed by atoms with van der Waals surface area (Å²) >= 11 is 0. The van der Waals surface area contributed by atoms with E-state index in [1.165, 1.54) is 5.56 Å². The van der Waals surface area contributed by atoms with Crippen LogP contribution in [0.3, 0.4) is 0 Å². The van der Waals surface area contributed by atoms with Crippen LogP contribution in [0.2, 0.25) is 0 Å². The van der Waals surface area contributed by atoms with Gasteiger partial charge in [0, 0.05) is 13.0 Å². The first-order valence-electron chi connectivity index (χ1n) is 6.67. The van der Waals surface area contributed by atoms with Crippen LogP contribution in [-0.4, -0.2) is 24.3 Å². The first-order chi connectivity index (χ1) is 8.77. The third kappa shape index (κ3) is 4.06. The van der Waals surface area contributed by atoms with Crippen molar-refractivity contribution >= 4 is 5.97 Å². The first-order valence-corrected chi connectivity index (χ1v) is 6.67. The number of rotatable bonds is 4. The van der Waals surface area contributed by atoms with E-state index in [2.05, 4.69) is 32.9 Å². The fourth-order valence-corrected chi connectivity index (χ4v) is 2.02. The summed E-state index contributed by atoms with van der Waals surface area (Å²) in [4.78, 5) is 12.0. The van der Waals surface area contributed by atoms with Crippen LogP contribution in [0.25, 0.3) is 0 Å². The topological polar surface area (TPSA) is 46.5 Å². The summed E-state index contributed by atoms with van der Waals surface area (Å²) in [5.41, 5.74) is 3.81. The van der Waals surface area contributed by atoms with Gasteiger partial charge < -0.3 is 9.84 Å². The van der Waals surface area contributed by atoms with E-state index in [-0.39, 0.29) is 24.6 Å². The highest BCUT2D eigenvalue weighted by atomic mass is 16.5. The Morgan fingerprint density at radius 3 is 2.16 bits per heavy atom. The number of hydrogen-bond acceptors (Lipinski definition) is 3. The lowest BCUT2D eigenvalue weighted by Gasteiger charge is -2.22. The maximum Gasteiger partial charge on any atom is 0.338 e. The lowest BCUT2D eigenvalue weighted by molar-refractivity contribution is 0.0480. The number of aliphatic hydroxyl groups is 1. The quantitative estimate of drug-likeness (QED) is 0.671. The molecular weight excluding hydrogens is 240 g/mol. The van der Waals surface area contributed by atoms with Crippen molar-refractivity contribution in [2.75, 3.05) is 13.2 Å². The molecule has 3 heteroatoms. The molecule has 106 valence electrons. The number of hydrogen-bond donors (Lipinski definition) is 1. The van der Waals surface area contributed by atoms with Gasteiger partial charge in [-0.3, -0.25) is 0 Å². The highest BCUT2D eigenvalue weighted by Gasteiger charge is 2.19. The summed E-state index contributed by atoms with van der Waals surface area (Å²) in [5, 5.41) is 8.69. The average Bonchev–Trinajstić information content (AvgIpc) is 2.27. The summed E-state index contributed by atoms with van der Waals surface area (Å²) in [7, 11) is 0. The van der Waals surface area contributed by atoms with E-state index < -0.39 is 0 Å². The van der Waals surface area contributed by atoms with Gasteiger partial charge in [-0.25, -0.2) is 4.79 Å². The van der Waals surface area contributed by atoms with Gasteiger partial charge in [-0.05, 0) is 36.0 Å². The summed E-state index contributed by atoms with van der Waals surface area (Å²) in [5.74, 6) is -0.302. The van der Waals surface area contributed by atoms with Crippen molar-refractivity contribution < 1.29 is 14.6 Å². The zero-order chi connectivity index (χ0) is 14.6. The minimum atomic E-state index is -0.302. The van der Waals surface area contributed by atoms with Crippen LogP contribution in [0.1, 0.15) is 54.2 Å². The van der Waals surface area contributed by atoms with Gasteiger partial charge in [0.25, 0.3) is 0 Å². The van der Waals surface area contributed by atoms with Crippen molar-refractivity contribution in [1.82, 2.24) is 0 Å². The molecule has 1 aromatic rings. The maximum absolute atomic E-state index is 12.0. The molecule has 19 heavy (non-hydrogen) atoms. The van der Waals surface area contributed by atoms with Gasteiger partial charge in [-0.15, -0.1) is 0 Å². The summed E-state index contributed by atoms with van der Waals surface area (Å²) in [6, 6.07) is 4.10. The van der Waals surface area contributed by atoms with Gasteiger partial charge in [-0.1, -0.05) is 32.9 Å². The molecule has 0 aromatic heterocycles. The molecule has 0 radical (unpaired) electrons. The van der Waals surface area contributed by atoms with Crippen molar-refractivity contribution in [3.8, 4) is 0 Å². The third-order valence-corrected chi connectivity index (χ3v) is 3.14. The van der Waals surface area contributed by atoms with Gasteiger partial charge >= 0.3 is 5.97 Å². The standard InChI is InChI=1S/C16H24O3/c1-11-9-13(16(3,4)5)10-12(2)14(11)15(18)19-8-6-7-17/h9-10,17H,6-8H2,1-5H3. The second kappa shape index (κ2) is 6.20. The summed E-state index contributed by atoms with van der Waals surface area (Å²) in [6.07, 6.45) is 0.476. The molecule has 0 saturated heterocycles. The third-order valence-electron chi connectivity index (χ3n) is 3.14. The molecule has 0 unspecified atom stereocenters. The molecule has 1 N–H and O–H groups in total. The largest absolute Gasteiger partial charge is 0.462 e. The molecule has 0 aliphatic rings. The van der Waals surface area contributed by atoms with Gasteiger partial charge in [0.05, 0.1) is 12.2 Å². The Hall–Kier alpha value is -1.35. The highest BCUT2D eigenvalue weighted by molar-refractivity contribution is 5.92. The average molecular weight is 264 g/mol. The van der Waals surface area contributed by atoms with Gasteiger partial charge in [0.1, 0.15) is 0 Å². The molecule has 0 saturated carbocycles. The minimum absolute atomic E-state index is 0.0359. The lowest BCUT2D eigenvalue weighted by Crippen LogP contribution is -2.15. The van der Waals surface area contributed by atoms with E-state index in [1.807, 2.05) is 13.8 Å². The van der Waals surface area contributed by atoms with Crippen molar-refractivity contribution in [2.24, 2.45) is 0 Å². The van der Waals surface area contributed by atoms with Crippen LogP contribution in [0.4, 0.5) is 0 Å². The number of carbonyl (C=O) groups excluding carboxylic acids is 1. The first kappa shape index (κ1) is 15.7. The molecule has 0 amide bonds. The molecule has 1 aromatic carbocycles. The number of carbonyl (C=O) groups is 1. The molecular formula is C16H24O3. The van der Waals surface area contributed by atoms with Crippen molar-refractivity contribution in [1.29, 1.82) is 0 Å². The van der Waals surface area contributed by atoms with E-state index in [0.29, 0.717) is 12.0 Å². The molecule has 0 heterocycles. The molecule has 0 aliphatic heterocycles. The second-order valence-electron chi connectivity index (χ2n) is 5.95. The van der Waals surface area contributed by atoms with Crippen molar-refractivity contribution in [3.63, 3.8) is 0 Å². The van der Waals surface area contributed by atoms with Crippen LogP contribution < -0.4 is 0 Å². The van der Waals surface area contributed by atoms with Crippen LogP contribution in [0.5, 0.6) is 0 Å². The molecule has 0 aliphatic carbocycles. The molecule has 3 nitrogen and oxygen atoms in total. The fraction of sp³-hybridized carbons (Fsp3) is 0.562. The molecule has 0 bridgehead atoms. The van der Waals surface area contributed by atoms with E-state index in [0.717, 1.165) is 11.1 Å². The normalized spacial score (nSPS) is 11.5. The molecule has 0 atom stereocenters. The number of aliphatic hydroxyl groups excluding tert-OH is 1. The summed E-state index contributed by atoms with van der Waals surface area (Å²) in [6.45, 7) is 10.6. The van der Waals surface area contributed by atoms with E-state index >= 15 is 0 Å². The number of esters is 1. The lowest BCUT2D eigenvalue weighted by atomic mass is 9.84. The Bertz CT molecular complexity index is 433. The van der Waals surface area contributed by atoms with Crippen LogP contribution >= 0.6 is 0 Å². The zero-order valence-electron chi connectivity index (χ0n) is 12.5. The zero-order valence-corrected chi connectivity index (χ0v) is 12.5. The van der Waals surface area contributed by atoms with Crippen LogP contribution in [0.15, 0.2) is 12.1 Å². The highest BCUT2D eigenvalue weighted by Crippen LogP contribution is 2.27. The minimum Gasteiger partial charge on any atom is -0.462 e. The Kier molecular flexibility index (Phi) is 5.12.